The molecule has 16 heteroatoms. The van der Waals surface area contributed by atoms with Crippen molar-refractivity contribution in [3.8, 4) is 23.6 Å². The molecule has 0 spiro atoms. The second-order valence-corrected chi connectivity index (χ2v) is 17.6. The fourth-order valence-electron chi connectivity index (χ4n) is 9.27. The Balaban J connectivity index is 1.45. The summed E-state index contributed by atoms with van der Waals surface area (Å²) >= 11 is 5.95. The monoisotopic (exact) mass is 855 g/mol. The number of aromatic nitrogens is 3. The standard InChI is InChI=1S/C44H62ClN5O10/c1-12-33-44(13-2)38(50(42(55)60-44)19-15-14-18-49-23-31(47-24-49)30-16-17-34(45)46-22-30)27(5)35(51)25(3)21-43(8,56-11)39(28(6)36(52)29(7)40(54)58-33)59-41-37(53)32(48(9)10)20-26(4)57-41/h2,16-17,22-29,32-33,37-39,41,53H,12,14-15,18-21H2,1,3-11H3/t25-,26-,27+,28+,29-,32+,33-,37-,38-,39-,41?,43+,44-/m1/s1. The molecule has 3 saturated heterocycles. The maximum Gasteiger partial charge on any atom is 0.411 e. The highest BCUT2D eigenvalue weighted by Gasteiger charge is 2.62. The quantitative estimate of drug-likeness (QED) is 0.103. The Kier molecular flexibility index (Phi) is 15.3. The number of hydrogen-bond donors (Lipinski definition) is 1. The number of likely N-dealkylation sites (N-methyl/N-ethyl adjacent to an activating group) is 1. The summed E-state index contributed by atoms with van der Waals surface area (Å²) in [5.41, 5.74) is -1.60. The number of halogens is 1. The number of Topliss-reactive ketones (excluding diaryl/α,β-unsaturated/α-hetero) is 2. The highest BCUT2D eigenvalue weighted by molar-refractivity contribution is 6.29. The zero-order valence-corrected chi connectivity index (χ0v) is 37.3. The molecule has 0 aliphatic carbocycles. The molecule has 5 heterocycles. The van der Waals surface area contributed by atoms with Crippen LogP contribution in [-0.4, -0.2) is 135 Å². The van der Waals surface area contributed by atoms with E-state index in [0.717, 1.165) is 11.3 Å². The van der Waals surface area contributed by atoms with Crippen molar-refractivity contribution in [3.63, 3.8) is 0 Å². The Labute approximate surface area is 358 Å². The fraction of sp³-hybridized carbons (Fsp3) is 0.682. The summed E-state index contributed by atoms with van der Waals surface area (Å²) in [5, 5.41) is 11.8. The number of aliphatic hydroxyl groups is 1. The van der Waals surface area contributed by atoms with Gasteiger partial charge in [0.1, 0.15) is 23.0 Å². The van der Waals surface area contributed by atoms with E-state index in [-0.39, 0.29) is 37.3 Å². The predicted molar refractivity (Wildman–Crippen MR) is 222 cm³/mol. The number of unbranched alkanes of at least 4 members (excludes halogenated alkanes) is 1. The Morgan fingerprint density at radius 3 is 2.37 bits per heavy atom. The van der Waals surface area contributed by atoms with E-state index in [1.807, 2.05) is 42.7 Å². The van der Waals surface area contributed by atoms with Crippen molar-refractivity contribution < 1.29 is 48.0 Å². The Hall–Kier alpha value is -3.91. The van der Waals surface area contributed by atoms with E-state index in [9.17, 15) is 24.3 Å². The molecular formula is C44H62ClN5O10. The summed E-state index contributed by atoms with van der Waals surface area (Å²) in [4.78, 5) is 69.1. The molecule has 1 unspecified atom stereocenters. The highest BCUT2D eigenvalue weighted by Crippen LogP contribution is 2.43. The first-order valence-electron chi connectivity index (χ1n) is 20.9. The molecule has 3 aliphatic rings. The van der Waals surface area contributed by atoms with E-state index in [1.54, 1.807) is 53.2 Å². The van der Waals surface area contributed by atoms with Gasteiger partial charge in [-0.2, -0.15) is 0 Å². The van der Waals surface area contributed by atoms with E-state index in [4.69, 9.17) is 41.7 Å². The molecular weight excluding hydrogens is 794 g/mol. The summed E-state index contributed by atoms with van der Waals surface area (Å²) in [6.45, 7) is 12.7. The Morgan fingerprint density at radius 1 is 1.05 bits per heavy atom. The molecule has 0 aromatic carbocycles. The molecule has 3 fully saturated rings. The first-order valence-corrected chi connectivity index (χ1v) is 21.3. The highest BCUT2D eigenvalue weighted by atomic mass is 35.5. The van der Waals surface area contributed by atoms with Crippen molar-refractivity contribution in [1.29, 1.82) is 0 Å². The van der Waals surface area contributed by atoms with Crippen LogP contribution in [0.3, 0.4) is 0 Å². The summed E-state index contributed by atoms with van der Waals surface area (Å²) in [5.74, 6) is -2.86. The number of amides is 1. The molecule has 330 valence electrons. The SMILES string of the molecule is C#C[C@]12OC(=O)N(CCCCn3cnc(-c4ccc(Cl)nc4)c3)[C@@H]1[C@@H](C)C(=O)[C@H](C)C[C@](C)(OC)[C@H](OC1O[C@H](C)C[C@H](N(C)C)[C@H]1O)[C@@H](C)C(=O)[C@@H](C)C(=O)O[C@@H]2CC. The number of carbonyl (C=O) groups excluding carboxylic acids is 4. The van der Waals surface area contributed by atoms with E-state index in [0.29, 0.717) is 31.0 Å². The summed E-state index contributed by atoms with van der Waals surface area (Å²) in [7, 11) is 5.19. The maximum atomic E-state index is 14.8. The molecule has 13 atom stereocenters. The van der Waals surface area contributed by atoms with Gasteiger partial charge in [-0.1, -0.05) is 45.2 Å². The summed E-state index contributed by atoms with van der Waals surface area (Å²) < 4.78 is 33.0. The zero-order valence-electron chi connectivity index (χ0n) is 36.5. The van der Waals surface area contributed by atoms with Crippen LogP contribution in [0.4, 0.5) is 4.79 Å². The molecule has 15 nitrogen and oxygen atoms in total. The summed E-state index contributed by atoms with van der Waals surface area (Å²) in [6, 6.07) is 2.22. The average Bonchev–Trinajstić information content (AvgIpc) is 3.81. The number of pyridine rings is 1. The smallest absolute Gasteiger partial charge is 0.411 e. The lowest BCUT2D eigenvalue weighted by atomic mass is 9.73. The fourth-order valence-corrected chi connectivity index (χ4v) is 9.39. The largest absolute Gasteiger partial charge is 0.456 e. The lowest BCUT2D eigenvalue weighted by Crippen LogP contribution is -2.60. The Morgan fingerprint density at radius 2 is 1.75 bits per heavy atom. The Bertz CT molecular complexity index is 1890. The van der Waals surface area contributed by atoms with Gasteiger partial charge in [-0.3, -0.25) is 19.3 Å². The van der Waals surface area contributed by atoms with Crippen LogP contribution < -0.4 is 0 Å². The molecule has 3 aliphatic heterocycles. The molecule has 0 radical (unpaired) electrons. The molecule has 2 aromatic heterocycles. The van der Waals surface area contributed by atoms with Crippen LogP contribution in [0.25, 0.3) is 11.3 Å². The number of ether oxygens (including phenoxy) is 5. The maximum absolute atomic E-state index is 14.8. The van der Waals surface area contributed by atoms with Gasteiger partial charge in [-0.25, -0.2) is 14.8 Å². The van der Waals surface area contributed by atoms with Crippen LogP contribution in [-0.2, 0) is 44.6 Å². The van der Waals surface area contributed by atoms with Crippen molar-refractivity contribution >= 4 is 35.2 Å². The number of ketones is 2. The van der Waals surface area contributed by atoms with Gasteiger partial charge in [0.2, 0.25) is 5.60 Å². The predicted octanol–water partition coefficient (Wildman–Crippen LogP) is 5.20. The van der Waals surface area contributed by atoms with Gasteiger partial charge in [-0.15, -0.1) is 6.42 Å². The molecule has 0 bridgehead atoms. The van der Waals surface area contributed by atoms with Gasteiger partial charge in [0, 0.05) is 62.0 Å². The number of hydrogen-bond acceptors (Lipinski definition) is 13. The van der Waals surface area contributed by atoms with Gasteiger partial charge in [0.05, 0.1) is 35.9 Å². The number of fused-ring (bicyclic) bond motifs is 1. The van der Waals surface area contributed by atoms with Gasteiger partial charge in [-0.05, 0) is 79.1 Å². The number of rotatable bonds is 11. The van der Waals surface area contributed by atoms with Crippen LogP contribution in [0.5, 0.6) is 0 Å². The van der Waals surface area contributed by atoms with Crippen molar-refractivity contribution in [2.24, 2.45) is 23.7 Å². The number of aliphatic hydroxyl groups excluding tert-OH is 1. The number of aryl methyl sites for hydroxylation is 1. The zero-order chi connectivity index (χ0) is 44.3. The van der Waals surface area contributed by atoms with Crippen molar-refractivity contribution in [3.05, 3.63) is 36.0 Å². The third-order valence-corrected chi connectivity index (χ3v) is 13.0. The summed E-state index contributed by atoms with van der Waals surface area (Å²) in [6.07, 6.45) is 7.95. The van der Waals surface area contributed by atoms with Crippen molar-refractivity contribution in [1.82, 2.24) is 24.3 Å². The molecule has 2 aromatic rings. The lowest BCUT2D eigenvalue weighted by Gasteiger charge is -2.47. The average molecular weight is 856 g/mol. The lowest BCUT2D eigenvalue weighted by molar-refractivity contribution is -0.295. The number of carbonyl (C=O) groups is 4. The normalized spacial score (nSPS) is 35.7. The molecule has 1 N–H and O–H groups in total. The minimum absolute atomic E-state index is 0.0734. The molecule has 60 heavy (non-hydrogen) atoms. The number of nitrogens with zero attached hydrogens (tertiary/aromatic N) is 5. The van der Waals surface area contributed by atoms with Crippen LogP contribution >= 0.6 is 11.6 Å². The van der Waals surface area contributed by atoms with Crippen molar-refractivity contribution in [2.75, 3.05) is 27.7 Å². The molecule has 5 rings (SSSR count). The first-order chi connectivity index (χ1) is 28.3. The third-order valence-electron chi connectivity index (χ3n) is 12.7. The van der Waals surface area contributed by atoms with Gasteiger partial charge in [0.25, 0.3) is 0 Å². The van der Waals surface area contributed by atoms with Crippen molar-refractivity contribution in [2.45, 2.75) is 141 Å². The number of imidazole rings is 1. The van der Waals surface area contributed by atoms with E-state index >= 15 is 0 Å². The minimum Gasteiger partial charge on any atom is -0.456 e. The van der Waals surface area contributed by atoms with Crippen LogP contribution in [0.1, 0.15) is 80.6 Å². The first kappa shape index (κ1) is 47.1. The van der Waals surface area contributed by atoms with Gasteiger partial charge in [0.15, 0.2) is 18.2 Å². The van der Waals surface area contributed by atoms with Crippen LogP contribution in [0, 0.1) is 36.0 Å². The van der Waals surface area contributed by atoms with Crippen LogP contribution in [0.2, 0.25) is 5.15 Å². The number of terminal acetylenes is 1. The minimum atomic E-state index is -1.84. The molecule has 0 saturated carbocycles. The molecule has 1 amide bonds. The van der Waals surface area contributed by atoms with Gasteiger partial charge < -0.3 is 38.3 Å². The number of methoxy groups -OCH3 is 1. The number of esters is 1. The van der Waals surface area contributed by atoms with Gasteiger partial charge >= 0.3 is 12.1 Å². The topological polar surface area (TPSA) is 172 Å². The number of cyclic esters (lactones) is 1. The van der Waals surface area contributed by atoms with Crippen LogP contribution in [0.15, 0.2) is 30.9 Å². The van der Waals surface area contributed by atoms with E-state index < -0.39 is 83.4 Å². The second-order valence-electron chi connectivity index (χ2n) is 17.2. The van der Waals surface area contributed by atoms with E-state index in [1.165, 1.54) is 18.9 Å². The van der Waals surface area contributed by atoms with E-state index in [2.05, 4.69) is 15.9 Å². The second kappa shape index (κ2) is 19.4. The third kappa shape index (κ3) is 9.59.